The second-order valence-electron chi connectivity index (χ2n) is 7.22. The number of nitrogens with zero attached hydrogens (tertiary/aromatic N) is 1. The summed E-state index contributed by atoms with van der Waals surface area (Å²) in [6.45, 7) is 5.62. The lowest BCUT2D eigenvalue weighted by Crippen LogP contribution is -2.36. The molecule has 0 spiro atoms. The number of carbonyl (C=O) groups is 1. The summed E-state index contributed by atoms with van der Waals surface area (Å²) in [5.41, 5.74) is 3.34. The van der Waals surface area contributed by atoms with Crippen LogP contribution in [0.15, 0.2) is 48.5 Å². The van der Waals surface area contributed by atoms with Crippen LogP contribution in [0.2, 0.25) is 5.02 Å². The average molecular weight is 418 g/mol. The summed E-state index contributed by atoms with van der Waals surface area (Å²) < 4.78 is 11.3. The molecule has 1 N–H and O–H groups in total. The van der Waals surface area contributed by atoms with E-state index in [4.69, 9.17) is 21.1 Å². The third kappa shape index (κ3) is 6.20. The van der Waals surface area contributed by atoms with Gasteiger partial charge in [-0.05, 0) is 48.7 Å². The van der Waals surface area contributed by atoms with Crippen LogP contribution < -0.4 is 4.90 Å². The van der Waals surface area contributed by atoms with E-state index in [1.54, 1.807) is 0 Å². The molecular weight excluding hydrogens is 390 g/mol. The standard InChI is InChI=1S/C23H28ClNO4/c1-2-29-22(16-23(26)27)21(15-17-3-7-19(24)8-4-17)18-5-9-20(10-6-18)25-11-13-28-14-12-25/h3-10,21-22H,2,11-16H2,1H3,(H,26,27). The van der Waals surface area contributed by atoms with Crippen LogP contribution in [0.4, 0.5) is 5.69 Å². The number of ether oxygens (including phenoxy) is 2. The lowest BCUT2D eigenvalue weighted by molar-refractivity contribution is -0.140. The molecule has 2 unspecified atom stereocenters. The Morgan fingerprint density at radius 1 is 1.14 bits per heavy atom. The summed E-state index contributed by atoms with van der Waals surface area (Å²) in [7, 11) is 0. The molecule has 6 heteroatoms. The molecule has 0 aliphatic carbocycles. The number of aliphatic carboxylic acids is 1. The molecule has 29 heavy (non-hydrogen) atoms. The molecule has 1 aliphatic heterocycles. The van der Waals surface area contributed by atoms with Crippen LogP contribution in [-0.4, -0.2) is 50.1 Å². The molecule has 1 fully saturated rings. The molecule has 156 valence electrons. The quantitative estimate of drug-likeness (QED) is 0.656. The van der Waals surface area contributed by atoms with Gasteiger partial charge in [-0.15, -0.1) is 0 Å². The van der Waals surface area contributed by atoms with Crippen molar-refractivity contribution in [2.75, 3.05) is 37.8 Å². The van der Waals surface area contributed by atoms with Crippen molar-refractivity contribution in [1.82, 2.24) is 0 Å². The maximum absolute atomic E-state index is 11.5. The maximum Gasteiger partial charge on any atom is 0.306 e. The molecule has 0 amide bonds. The topological polar surface area (TPSA) is 59.0 Å². The van der Waals surface area contributed by atoms with Crippen LogP contribution in [0.1, 0.15) is 30.4 Å². The first-order valence-electron chi connectivity index (χ1n) is 10.1. The fraction of sp³-hybridized carbons (Fsp3) is 0.435. The number of halogens is 1. The highest BCUT2D eigenvalue weighted by atomic mass is 35.5. The molecule has 0 aromatic heterocycles. The average Bonchev–Trinajstić information content (AvgIpc) is 2.74. The van der Waals surface area contributed by atoms with Gasteiger partial charge in [-0.2, -0.15) is 0 Å². The highest BCUT2D eigenvalue weighted by Crippen LogP contribution is 2.31. The number of carboxylic acid groups (broad SMARTS) is 1. The van der Waals surface area contributed by atoms with E-state index in [1.807, 2.05) is 31.2 Å². The van der Waals surface area contributed by atoms with Crippen molar-refractivity contribution in [1.29, 1.82) is 0 Å². The third-order valence-electron chi connectivity index (χ3n) is 5.27. The fourth-order valence-electron chi connectivity index (χ4n) is 3.80. The number of anilines is 1. The van der Waals surface area contributed by atoms with E-state index < -0.39 is 12.1 Å². The highest BCUT2D eigenvalue weighted by Gasteiger charge is 2.27. The lowest BCUT2D eigenvalue weighted by atomic mass is 9.85. The molecule has 1 saturated heterocycles. The van der Waals surface area contributed by atoms with Gasteiger partial charge in [0.1, 0.15) is 0 Å². The summed E-state index contributed by atoms with van der Waals surface area (Å²) >= 11 is 6.02. The Kier molecular flexibility index (Phi) is 7.92. The molecule has 0 bridgehead atoms. The van der Waals surface area contributed by atoms with Gasteiger partial charge in [0, 0.05) is 36.3 Å². The minimum absolute atomic E-state index is 0.0304. The van der Waals surface area contributed by atoms with Gasteiger partial charge < -0.3 is 19.5 Å². The summed E-state index contributed by atoms with van der Waals surface area (Å²) in [5, 5.41) is 10.1. The monoisotopic (exact) mass is 417 g/mol. The normalized spacial score (nSPS) is 16.4. The first-order valence-corrected chi connectivity index (χ1v) is 10.4. The molecule has 0 radical (unpaired) electrons. The van der Waals surface area contributed by atoms with E-state index in [2.05, 4.69) is 29.2 Å². The number of benzene rings is 2. The Morgan fingerprint density at radius 3 is 2.38 bits per heavy atom. The van der Waals surface area contributed by atoms with Crippen molar-refractivity contribution in [2.24, 2.45) is 0 Å². The van der Waals surface area contributed by atoms with Crippen molar-refractivity contribution in [3.63, 3.8) is 0 Å². The fourth-order valence-corrected chi connectivity index (χ4v) is 3.92. The molecule has 3 rings (SSSR count). The Hall–Kier alpha value is -2.08. The molecule has 5 nitrogen and oxygen atoms in total. The smallest absolute Gasteiger partial charge is 0.306 e. The Balaban J connectivity index is 1.85. The Bertz CT molecular complexity index is 772. The molecule has 2 atom stereocenters. The Morgan fingerprint density at radius 2 is 1.79 bits per heavy atom. The van der Waals surface area contributed by atoms with Crippen LogP contribution in [0.5, 0.6) is 0 Å². The van der Waals surface area contributed by atoms with Gasteiger partial charge >= 0.3 is 5.97 Å². The van der Waals surface area contributed by atoms with E-state index >= 15 is 0 Å². The van der Waals surface area contributed by atoms with Crippen LogP contribution >= 0.6 is 11.6 Å². The molecule has 1 heterocycles. The van der Waals surface area contributed by atoms with Gasteiger partial charge in [0.05, 0.1) is 25.7 Å². The zero-order valence-electron chi connectivity index (χ0n) is 16.7. The van der Waals surface area contributed by atoms with E-state index in [1.165, 1.54) is 0 Å². The largest absolute Gasteiger partial charge is 0.481 e. The first-order chi connectivity index (χ1) is 14.1. The van der Waals surface area contributed by atoms with Crippen molar-refractivity contribution >= 4 is 23.3 Å². The van der Waals surface area contributed by atoms with Gasteiger partial charge in [-0.1, -0.05) is 35.9 Å². The van der Waals surface area contributed by atoms with Crippen molar-refractivity contribution in [2.45, 2.75) is 31.8 Å². The van der Waals surface area contributed by atoms with E-state index in [9.17, 15) is 9.90 Å². The van der Waals surface area contributed by atoms with E-state index in [0.717, 1.165) is 43.1 Å². The summed E-state index contributed by atoms with van der Waals surface area (Å²) in [6, 6.07) is 16.1. The van der Waals surface area contributed by atoms with Crippen molar-refractivity contribution < 1.29 is 19.4 Å². The SMILES string of the molecule is CCOC(CC(=O)O)C(Cc1ccc(Cl)cc1)c1ccc(N2CCOCC2)cc1. The predicted molar refractivity (Wildman–Crippen MR) is 115 cm³/mol. The summed E-state index contributed by atoms with van der Waals surface area (Å²) in [4.78, 5) is 13.8. The zero-order chi connectivity index (χ0) is 20.6. The minimum Gasteiger partial charge on any atom is -0.481 e. The van der Waals surface area contributed by atoms with Crippen LogP contribution in [0.3, 0.4) is 0 Å². The molecule has 2 aromatic carbocycles. The predicted octanol–water partition coefficient (Wildman–Crippen LogP) is 4.38. The minimum atomic E-state index is -0.852. The molecule has 0 saturated carbocycles. The van der Waals surface area contributed by atoms with Gasteiger partial charge in [-0.25, -0.2) is 0 Å². The number of morpholine rings is 1. The zero-order valence-corrected chi connectivity index (χ0v) is 17.5. The number of hydrogen-bond acceptors (Lipinski definition) is 4. The summed E-state index contributed by atoms with van der Waals surface area (Å²) in [6.07, 6.45) is 0.256. The third-order valence-corrected chi connectivity index (χ3v) is 5.52. The molecular formula is C23H28ClNO4. The lowest BCUT2D eigenvalue weighted by Gasteiger charge is -2.30. The van der Waals surface area contributed by atoms with E-state index in [-0.39, 0.29) is 12.3 Å². The number of hydrogen-bond donors (Lipinski definition) is 1. The van der Waals surface area contributed by atoms with Gasteiger partial charge in [0.15, 0.2) is 0 Å². The first kappa shape index (κ1) is 21.6. The van der Waals surface area contributed by atoms with E-state index in [0.29, 0.717) is 18.1 Å². The van der Waals surface area contributed by atoms with Gasteiger partial charge in [0.25, 0.3) is 0 Å². The second-order valence-corrected chi connectivity index (χ2v) is 7.66. The summed E-state index contributed by atoms with van der Waals surface area (Å²) in [5.74, 6) is -0.916. The van der Waals surface area contributed by atoms with Crippen LogP contribution in [-0.2, 0) is 20.7 Å². The van der Waals surface area contributed by atoms with Crippen molar-refractivity contribution in [3.8, 4) is 0 Å². The van der Waals surface area contributed by atoms with Crippen LogP contribution in [0, 0.1) is 0 Å². The molecule has 1 aliphatic rings. The number of carboxylic acids is 1. The Labute approximate surface area is 177 Å². The second kappa shape index (κ2) is 10.6. The highest BCUT2D eigenvalue weighted by molar-refractivity contribution is 6.30. The van der Waals surface area contributed by atoms with Gasteiger partial charge in [-0.3, -0.25) is 4.79 Å². The molecule has 2 aromatic rings. The van der Waals surface area contributed by atoms with Gasteiger partial charge in [0.2, 0.25) is 0 Å². The van der Waals surface area contributed by atoms with Crippen LogP contribution in [0.25, 0.3) is 0 Å². The van der Waals surface area contributed by atoms with Crippen molar-refractivity contribution in [3.05, 3.63) is 64.7 Å². The number of rotatable bonds is 9. The maximum atomic E-state index is 11.5.